The molecule has 1 heterocycles. The van der Waals surface area contributed by atoms with Gasteiger partial charge in [0.05, 0.1) is 20.3 Å². The van der Waals surface area contributed by atoms with E-state index < -0.39 is 0 Å². The Labute approximate surface area is 163 Å². The summed E-state index contributed by atoms with van der Waals surface area (Å²) in [6.45, 7) is 2.91. The molecule has 7 heteroatoms. The molecule has 28 heavy (non-hydrogen) atoms. The Morgan fingerprint density at radius 2 is 1.93 bits per heavy atom. The molecule has 0 aliphatic heterocycles. The number of amides is 1. The molecular weight excluding hydrogens is 358 g/mol. The highest BCUT2D eigenvalue weighted by atomic mass is 16.5. The summed E-state index contributed by atoms with van der Waals surface area (Å²) in [4.78, 5) is 18.5. The summed E-state index contributed by atoms with van der Waals surface area (Å²) >= 11 is 0. The van der Waals surface area contributed by atoms with Crippen LogP contribution in [0.5, 0.6) is 11.5 Å². The van der Waals surface area contributed by atoms with E-state index in [1.807, 2.05) is 31.2 Å². The van der Waals surface area contributed by atoms with E-state index in [9.17, 15) is 4.79 Å². The fraction of sp³-hybridized carbons (Fsp3) is 0.286. The third kappa shape index (κ3) is 4.68. The normalized spacial score (nSPS) is 10.5. The second-order valence-corrected chi connectivity index (χ2v) is 6.28. The second kappa shape index (κ2) is 9.03. The van der Waals surface area contributed by atoms with Crippen molar-refractivity contribution in [1.82, 2.24) is 15.0 Å². The Balaban J connectivity index is 1.65. The summed E-state index contributed by atoms with van der Waals surface area (Å²) < 4.78 is 16.0. The first-order chi connectivity index (χ1) is 13.6. The Morgan fingerprint density at radius 3 is 2.64 bits per heavy atom. The Kier molecular flexibility index (Phi) is 6.26. The molecule has 0 N–H and O–H groups in total. The molecule has 146 valence electrons. The largest absolute Gasteiger partial charge is 0.497 e. The molecule has 3 aromatic rings. The molecule has 1 aromatic heterocycles. The number of benzene rings is 2. The second-order valence-electron chi connectivity index (χ2n) is 6.28. The zero-order valence-electron chi connectivity index (χ0n) is 16.2. The highest BCUT2D eigenvalue weighted by molar-refractivity contribution is 5.94. The minimum atomic E-state index is -0.136. The van der Waals surface area contributed by atoms with E-state index in [4.69, 9.17) is 14.0 Å². The SMILES string of the molecule is CCCOc1ccc(C(=O)N(C)Cc2nc(-c3cccc(OC)c3)no2)cc1. The molecule has 0 atom stereocenters. The van der Waals surface area contributed by atoms with Crippen LogP contribution in [0.15, 0.2) is 53.1 Å². The number of methoxy groups -OCH3 is 1. The van der Waals surface area contributed by atoms with E-state index >= 15 is 0 Å². The molecular formula is C21H23N3O4. The van der Waals surface area contributed by atoms with Gasteiger partial charge in [-0.25, -0.2) is 0 Å². The summed E-state index contributed by atoms with van der Waals surface area (Å²) in [5, 5.41) is 3.99. The maximum Gasteiger partial charge on any atom is 0.254 e. The van der Waals surface area contributed by atoms with Crippen LogP contribution < -0.4 is 9.47 Å². The lowest BCUT2D eigenvalue weighted by atomic mass is 10.2. The maximum absolute atomic E-state index is 12.6. The zero-order valence-corrected chi connectivity index (χ0v) is 16.2. The van der Waals surface area contributed by atoms with Crippen LogP contribution in [-0.4, -0.2) is 41.7 Å². The van der Waals surface area contributed by atoms with E-state index in [1.54, 1.807) is 38.4 Å². The van der Waals surface area contributed by atoms with Gasteiger partial charge in [0.15, 0.2) is 0 Å². The number of ether oxygens (including phenoxy) is 2. The van der Waals surface area contributed by atoms with Crippen molar-refractivity contribution < 1.29 is 18.8 Å². The van der Waals surface area contributed by atoms with Crippen molar-refractivity contribution in [1.29, 1.82) is 0 Å². The first kappa shape index (κ1) is 19.4. The van der Waals surface area contributed by atoms with Gasteiger partial charge in [-0.3, -0.25) is 4.79 Å². The van der Waals surface area contributed by atoms with E-state index in [-0.39, 0.29) is 12.5 Å². The van der Waals surface area contributed by atoms with Crippen molar-refractivity contribution in [3.8, 4) is 22.9 Å². The van der Waals surface area contributed by atoms with Gasteiger partial charge in [0.25, 0.3) is 5.91 Å². The lowest BCUT2D eigenvalue weighted by molar-refractivity contribution is 0.0769. The van der Waals surface area contributed by atoms with Gasteiger partial charge in [0.2, 0.25) is 11.7 Å². The molecule has 0 aliphatic rings. The van der Waals surface area contributed by atoms with Gasteiger partial charge in [-0.1, -0.05) is 24.2 Å². The predicted molar refractivity (Wildman–Crippen MR) is 104 cm³/mol. The van der Waals surface area contributed by atoms with Gasteiger partial charge in [0.1, 0.15) is 11.5 Å². The van der Waals surface area contributed by atoms with Crippen molar-refractivity contribution in [3.63, 3.8) is 0 Å². The van der Waals surface area contributed by atoms with Crippen LogP contribution in [-0.2, 0) is 6.54 Å². The first-order valence-electron chi connectivity index (χ1n) is 9.06. The molecule has 1 amide bonds. The maximum atomic E-state index is 12.6. The number of hydrogen-bond donors (Lipinski definition) is 0. The molecule has 0 spiro atoms. The Morgan fingerprint density at radius 1 is 1.14 bits per heavy atom. The molecule has 2 aromatic carbocycles. The van der Waals surface area contributed by atoms with Gasteiger partial charge in [-0.2, -0.15) is 4.98 Å². The van der Waals surface area contributed by atoms with Crippen LogP contribution in [0.3, 0.4) is 0 Å². The Bertz CT molecular complexity index is 921. The van der Waals surface area contributed by atoms with Gasteiger partial charge in [0, 0.05) is 18.2 Å². The van der Waals surface area contributed by atoms with Crippen molar-refractivity contribution >= 4 is 5.91 Å². The molecule has 0 saturated carbocycles. The standard InChI is InChI=1S/C21H23N3O4/c1-4-12-27-17-10-8-15(9-11-17)21(25)24(2)14-19-22-20(23-28-19)16-6-5-7-18(13-16)26-3/h5-11,13H,4,12,14H2,1-3H3. The summed E-state index contributed by atoms with van der Waals surface area (Å²) in [6, 6.07) is 14.5. The van der Waals surface area contributed by atoms with Crippen LogP contribution in [0.25, 0.3) is 11.4 Å². The molecule has 0 saturated heterocycles. The fourth-order valence-corrected chi connectivity index (χ4v) is 2.61. The number of aromatic nitrogens is 2. The highest BCUT2D eigenvalue weighted by Crippen LogP contribution is 2.21. The van der Waals surface area contributed by atoms with Crippen LogP contribution in [0.1, 0.15) is 29.6 Å². The van der Waals surface area contributed by atoms with E-state index in [1.165, 1.54) is 4.90 Å². The monoisotopic (exact) mass is 381 g/mol. The molecule has 0 unspecified atom stereocenters. The van der Waals surface area contributed by atoms with Crippen molar-refractivity contribution in [2.45, 2.75) is 19.9 Å². The predicted octanol–water partition coefficient (Wildman–Crippen LogP) is 3.81. The van der Waals surface area contributed by atoms with Gasteiger partial charge >= 0.3 is 0 Å². The quantitative estimate of drug-likeness (QED) is 0.590. The number of carbonyl (C=O) groups is 1. The summed E-state index contributed by atoms with van der Waals surface area (Å²) in [5.41, 5.74) is 1.35. The molecule has 7 nitrogen and oxygen atoms in total. The third-order valence-corrected chi connectivity index (χ3v) is 4.09. The molecule has 0 aliphatic carbocycles. The molecule has 3 rings (SSSR count). The Hall–Kier alpha value is -3.35. The number of carbonyl (C=O) groups excluding carboxylic acids is 1. The lowest BCUT2D eigenvalue weighted by Crippen LogP contribution is -2.26. The van der Waals surface area contributed by atoms with Crippen LogP contribution >= 0.6 is 0 Å². The minimum Gasteiger partial charge on any atom is -0.497 e. The summed E-state index contributed by atoms with van der Waals surface area (Å²) in [5.74, 6) is 2.13. The number of hydrogen-bond acceptors (Lipinski definition) is 6. The van der Waals surface area contributed by atoms with Crippen LogP contribution in [0, 0.1) is 0 Å². The van der Waals surface area contributed by atoms with Gasteiger partial charge in [-0.15, -0.1) is 0 Å². The lowest BCUT2D eigenvalue weighted by Gasteiger charge is -2.15. The van der Waals surface area contributed by atoms with Crippen LogP contribution in [0.2, 0.25) is 0 Å². The topological polar surface area (TPSA) is 77.7 Å². The van der Waals surface area contributed by atoms with Gasteiger partial charge < -0.3 is 18.9 Å². The minimum absolute atomic E-state index is 0.136. The number of nitrogens with zero attached hydrogens (tertiary/aromatic N) is 3. The zero-order chi connectivity index (χ0) is 19.9. The smallest absolute Gasteiger partial charge is 0.254 e. The highest BCUT2D eigenvalue weighted by Gasteiger charge is 2.16. The summed E-state index contributed by atoms with van der Waals surface area (Å²) in [6.07, 6.45) is 0.936. The number of rotatable bonds is 8. The van der Waals surface area contributed by atoms with Crippen molar-refractivity contribution in [2.24, 2.45) is 0 Å². The average molecular weight is 381 g/mol. The fourth-order valence-electron chi connectivity index (χ4n) is 2.61. The van der Waals surface area contributed by atoms with Crippen molar-refractivity contribution in [2.75, 3.05) is 20.8 Å². The van der Waals surface area contributed by atoms with E-state index in [2.05, 4.69) is 10.1 Å². The van der Waals surface area contributed by atoms with Gasteiger partial charge in [-0.05, 0) is 42.8 Å². The van der Waals surface area contributed by atoms with Crippen LogP contribution in [0.4, 0.5) is 0 Å². The molecule has 0 fully saturated rings. The van der Waals surface area contributed by atoms with Crippen molar-refractivity contribution in [3.05, 3.63) is 60.0 Å². The summed E-state index contributed by atoms with van der Waals surface area (Å²) in [7, 11) is 3.29. The average Bonchev–Trinajstić information content (AvgIpc) is 3.20. The first-order valence-corrected chi connectivity index (χ1v) is 9.06. The molecule has 0 radical (unpaired) electrons. The molecule has 0 bridgehead atoms. The van der Waals surface area contributed by atoms with E-state index in [0.29, 0.717) is 29.6 Å². The van der Waals surface area contributed by atoms with E-state index in [0.717, 1.165) is 17.7 Å². The third-order valence-electron chi connectivity index (χ3n) is 4.09.